The van der Waals surface area contributed by atoms with Crippen molar-refractivity contribution in [3.05, 3.63) is 30.1 Å². The van der Waals surface area contributed by atoms with Crippen LogP contribution < -0.4 is 11.3 Å². The number of nitrogens with one attached hydrogen (secondary N) is 1. The second-order valence-corrected chi connectivity index (χ2v) is 3.69. The maximum Gasteiger partial charge on any atom is 0.136 e. The van der Waals surface area contributed by atoms with Gasteiger partial charge < -0.3 is 0 Å². The van der Waals surface area contributed by atoms with Gasteiger partial charge >= 0.3 is 0 Å². The maximum atomic E-state index is 13.1. The molecule has 0 heterocycles. The van der Waals surface area contributed by atoms with E-state index in [1.165, 1.54) is 17.8 Å². The molecule has 0 amide bonds. The number of hydrogen-bond donors (Lipinski definition) is 2. The number of thioether (sulfide) groups is 1. The Morgan fingerprint density at radius 3 is 2.86 bits per heavy atom. The molecule has 0 aliphatic rings. The summed E-state index contributed by atoms with van der Waals surface area (Å²) in [6.45, 7) is 0. The van der Waals surface area contributed by atoms with E-state index in [0.29, 0.717) is 10.6 Å². The lowest BCUT2D eigenvalue weighted by Gasteiger charge is -2.08. The number of terminal acetylenes is 1. The molecule has 1 aromatic rings. The molecule has 0 bridgehead atoms. The Morgan fingerprint density at radius 2 is 2.29 bits per heavy atom. The summed E-state index contributed by atoms with van der Waals surface area (Å²) in [7, 11) is 0. The highest BCUT2D eigenvalue weighted by Gasteiger charge is 2.05. The first-order chi connectivity index (χ1) is 6.77. The quantitative estimate of drug-likeness (QED) is 0.341. The van der Waals surface area contributed by atoms with Crippen LogP contribution in [0.5, 0.6) is 0 Å². The van der Waals surface area contributed by atoms with Gasteiger partial charge in [-0.25, -0.2) is 9.82 Å². The van der Waals surface area contributed by atoms with E-state index >= 15 is 0 Å². The lowest BCUT2D eigenvalue weighted by Crippen LogP contribution is -2.35. The van der Waals surface area contributed by atoms with Gasteiger partial charge in [0.2, 0.25) is 0 Å². The van der Waals surface area contributed by atoms with Crippen molar-refractivity contribution >= 4 is 11.8 Å². The Labute approximate surface area is 87.0 Å². The summed E-state index contributed by atoms with van der Waals surface area (Å²) in [6.07, 6.45) is 5.19. The third-order valence-corrected chi connectivity index (χ3v) is 2.79. The summed E-state index contributed by atoms with van der Waals surface area (Å²) in [5.74, 6) is 7.97. The van der Waals surface area contributed by atoms with E-state index in [9.17, 15) is 4.39 Å². The zero-order chi connectivity index (χ0) is 10.4. The molecule has 3 N–H and O–H groups in total. The predicted molar refractivity (Wildman–Crippen MR) is 57.1 cm³/mol. The summed E-state index contributed by atoms with van der Waals surface area (Å²) in [4.78, 5) is 0.586. The van der Waals surface area contributed by atoms with Crippen LogP contribution in [0.15, 0.2) is 29.2 Å². The average Bonchev–Trinajstić information content (AvgIpc) is 2.22. The standard InChI is InChI=1S/C10H11FN2S/c1-2-8(13-12)7-14-10-6-4-3-5-9(10)11/h1,3-6,8,13H,7,12H2. The van der Waals surface area contributed by atoms with Crippen molar-refractivity contribution < 1.29 is 4.39 Å². The van der Waals surface area contributed by atoms with Gasteiger partial charge in [0, 0.05) is 10.6 Å². The van der Waals surface area contributed by atoms with Gasteiger partial charge in [-0.05, 0) is 12.1 Å². The average molecular weight is 210 g/mol. The fourth-order valence-electron chi connectivity index (χ4n) is 0.879. The SMILES string of the molecule is C#CC(CSc1ccccc1F)NN. The van der Waals surface area contributed by atoms with Gasteiger partial charge in [0.05, 0.1) is 6.04 Å². The minimum Gasteiger partial charge on any atom is -0.270 e. The topological polar surface area (TPSA) is 38.0 Å². The summed E-state index contributed by atoms with van der Waals surface area (Å²) in [5.41, 5.74) is 2.46. The molecule has 4 heteroatoms. The number of benzene rings is 1. The number of rotatable bonds is 4. The lowest BCUT2D eigenvalue weighted by molar-refractivity contribution is 0.601. The molecule has 0 aromatic heterocycles. The first kappa shape index (κ1) is 11.1. The molecular formula is C10H11FN2S. The highest BCUT2D eigenvalue weighted by atomic mass is 32.2. The highest BCUT2D eigenvalue weighted by molar-refractivity contribution is 7.99. The van der Waals surface area contributed by atoms with Crippen molar-refractivity contribution in [3.8, 4) is 12.3 Å². The Hall–Kier alpha value is -1.02. The first-order valence-corrected chi connectivity index (χ1v) is 5.06. The van der Waals surface area contributed by atoms with Gasteiger partial charge in [-0.3, -0.25) is 5.84 Å². The molecule has 74 valence electrons. The van der Waals surface area contributed by atoms with E-state index in [1.807, 2.05) is 0 Å². The normalized spacial score (nSPS) is 12.1. The van der Waals surface area contributed by atoms with Gasteiger partial charge in [-0.2, -0.15) is 0 Å². The van der Waals surface area contributed by atoms with Crippen molar-refractivity contribution in [2.45, 2.75) is 10.9 Å². The minimum atomic E-state index is -0.236. The molecule has 0 spiro atoms. The van der Waals surface area contributed by atoms with Crippen LogP contribution in [0.4, 0.5) is 4.39 Å². The molecule has 1 unspecified atom stereocenters. The fourth-order valence-corrected chi connectivity index (χ4v) is 1.80. The lowest BCUT2D eigenvalue weighted by atomic mass is 10.3. The molecule has 1 aromatic carbocycles. The number of hydrazine groups is 1. The van der Waals surface area contributed by atoms with Crippen LogP contribution in [0.3, 0.4) is 0 Å². The van der Waals surface area contributed by atoms with Crippen LogP contribution in [0.2, 0.25) is 0 Å². The molecule has 2 nitrogen and oxygen atoms in total. The Kier molecular flexibility index (Phi) is 4.47. The van der Waals surface area contributed by atoms with Crippen LogP contribution in [-0.2, 0) is 0 Å². The molecule has 0 aliphatic carbocycles. The van der Waals surface area contributed by atoms with E-state index in [2.05, 4.69) is 11.3 Å². The molecule has 0 saturated heterocycles. The largest absolute Gasteiger partial charge is 0.270 e. The molecule has 0 radical (unpaired) electrons. The summed E-state index contributed by atoms with van der Waals surface area (Å²) >= 11 is 1.34. The molecule has 14 heavy (non-hydrogen) atoms. The fraction of sp³-hybridized carbons (Fsp3) is 0.200. The van der Waals surface area contributed by atoms with Crippen molar-refractivity contribution in [1.29, 1.82) is 0 Å². The van der Waals surface area contributed by atoms with Crippen LogP contribution in [0.1, 0.15) is 0 Å². The van der Waals surface area contributed by atoms with Crippen LogP contribution in [0.25, 0.3) is 0 Å². The molecule has 1 atom stereocenters. The van der Waals surface area contributed by atoms with Crippen LogP contribution >= 0.6 is 11.8 Å². The Balaban J connectivity index is 2.54. The van der Waals surface area contributed by atoms with Crippen molar-refractivity contribution in [3.63, 3.8) is 0 Å². The van der Waals surface area contributed by atoms with E-state index < -0.39 is 0 Å². The highest BCUT2D eigenvalue weighted by Crippen LogP contribution is 2.21. The van der Waals surface area contributed by atoms with Gasteiger partial charge in [0.1, 0.15) is 5.82 Å². The number of halogens is 1. The van der Waals surface area contributed by atoms with Crippen molar-refractivity contribution in [2.75, 3.05) is 5.75 Å². The van der Waals surface area contributed by atoms with Crippen molar-refractivity contribution in [2.24, 2.45) is 5.84 Å². The third kappa shape index (κ3) is 3.04. The van der Waals surface area contributed by atoms with Gasteiger partial charge in [-0.1, -0.05) is 18.1 Å². The van der Waals surface area contributed by atoms with Gasteiger partial charge in [0.15, 0.2) is 0 Å². The zero-order valence-electron chi connectivity index (χ0n) is 7.53. The van der Waals surface area contributed by atoms with Gasteiger partial charge in [0.25, 0.3) is 0 Å². The summed E-state index contributed by atoms with van der Waals surface area (Å²) in [5, 5.41) is 0. The first-order valence-electron chi connectivity index (χ1n) is 4.07. The minimum absolute atomic E-state index is 0.231. The maximum absolute atomic E-state index is 13.1. The summed E-state index contributed by atoms with van der Waals surface area (Å²) in [6, 6.07) is 6.33. The second-order valence-electron chi connectivity index (χ2n) is 2.63. The van der Waals surface area contributed by atoms with Crippen molar-refractivity contribution in [1.82, 2.24) is 5.43 Å². The van der Waals surface area contributed by atoms with E-state index in [-0.39, 0.29) is 11.9 Å². The molecule has 1 rings (SSSR count). The van der Waals surface area contributed by atoms with Crippen LogP contribution in [-0.4, -0.2) is 11.8 Å². The number of hydrogen-bond acceptors (Lipinski definition) is 3. The smallest absolute Gasteiger partial charge is 0.136 e. The van der Waals surface area contributed by atoms with E-state index in [4.69, 9.17) is 12.3 Å². The van der Waals surface area contributed by atoms with E-state index in [0.717, 1.165) is 0 Å². The zero-order valence-corrected chi connectivity index (χ0v) is 8.35. The summed E-state index contributed by atoms with van der Waals surface area (Å²) < 4.78 is 13.1. The monoisotopic (exact) mass is 210 g/mol. The Morgan fingerprint density at radius 1 is 1.57 bits per heavy atom. The third-order valence-electron chi connectivity index (χ3n) is 1.64. The number of nitrogens with two attached hydrogens (primary N) is 1. The molecule has 0 aliphatic heterocycles. The van der Waals surface area contributed by atoms with E-state index in [1.54, 1.807) is 18.2 Å². The molecule has 0 saturated carbocycles. The second kappa shape index (κ2) is 5.66. The molecular weight excluding hydrogens is 199 g/mol. The van der Waals surface area contributed by atoms with Crippen LogP contribution in [0, 0.1) is 18.2 Å². The predicted octanol–water partition coefficient (Wildman–Crippen LogP) is 1.38. The Bertz CT molecular complexity index is 335. The van der Waals surface area contributed by atoms with Gasteiger partial charge in [-0.15, -0.1) is 18.2 Å². The molecule has 0 fully saturated rings.